The van der Waals surface area contributed by atoms with Gasteiger partial charge >= 0.3 is 0 Å². The number of hydrogen-bond donors (Lipinski definition) is 2. The minimum atomic E-state index is -0.376. The van der Waals surface area contributed by atoms with Crippen LogP contribution in [0.25, 0.3) is 0 Å². The van der Waals surface area contributed by atoms with E-state index < -0.39 is 0 Å². The van der Waals surface area contributed by atoms with Gasteiger partial charge in [0.2, 0.25) is 0 Å². The quantitative estimate of drug-likeness (QED) is 0.805. The molecular weight excluding hydrogens is 212 g/mol. The Labute approximate surface area is 95.7 Å². The summed E-state index contributed by atoms with van der Waals surface area (Å²) < 4.78 is 0. The molecule has 84 valence electrons. The SMILES string of the molecule is CN(C)CC(O)CNc1cccc(Cl)c1. The van der Waals surface area contributed by atoms with Gasteiger partial charge in [0.25, 0.3) is 0 Å². The third-order valence-corrected chi connectivity index (χ3v) is 2.18. The molecule has 1 aromatic carbocycles. The predicted molar refractivity (Wildman–Crippen MR) is 64.5 cm³/mol. The van der Waals surface area contributed by atoms with E-state index in [1.165, 1.54) is 0 Å². The van der Waals surface area contributed by atoms with Gasteiger partial charge in [-0.2, -0.15) is 0 Å². The minimum Gasteiger partial charge on any atom is -0.390 e. The highest BCUT2D eigenvalue weighted by Crippen LogP contribution is 2.14. The van der Waals surface area contributed by atoms with Crippen LogP contribution in [0.1, 0.15) is 0 Å². The fourth-order valence-corrected chi connectivity index (χ4v) is 1.51. The smallest absolute Gasteiger partial charge is 0.0838 e. The second-order valence-electron chi connectivity index (χ2n) is 3.81. The van der Waals surface area contributed by atoms with Crippen LogP contribution in [0, 0.1) is 0 Å². The Morgan fingerprint density at radius 1 is 1.47 bits per heavy atom. The first-order chi connectivity index (χ1) is 7.08. The minimum absolute atomic E-state index is 0.376. The first kappa shape index (κ1) is 12.3. The summed E-state index contributed by atoms with van der Waals surface area (Å²) in [5.74, 6) is 0. The summed E-state index contributed by atoms with van der Waals surface area (Å²) in [6.45, 7) is 1.17. The number of halogens is 1. The molecule has 1 rings (SSSR count). The van der Waals surface area contributed by atoms with Gasteiger partial charge < -0.3 is 15.3 Å². The molecule has 4 heteroatoms. The third-order valence-electron chi connectivity index (χ3n) is 1.94. The highest BCUT2D eigenvalue weighted by atomic mass is 35.5. The molecule has 0 spiro atoms. The van der Waals surface area contributed by atoms with E-state index in [0.29, 0.717) is 18.1 Å². The van der Waals surface area contributed by atoms with Crippen molar-refractivity contribution in [1.29, 1.82) is 0 Å². The van der Waals surface area contributed by atoms with Crippen molar-refractivity contribution in [3.8, 4) is 0 Å². The monoisotopic (exact) mass is 228 g/mol. The van der Waals surface area contributed by atoms with Crippen LogP contribution >= 0.6 is 11.6 Å². The maximum absolute atomic E-state index is 9.61. The van der Waals surface area contributed by atoms with E-state index in [1.54, 1.807) is 0 Å². The Hall–Kier alpha value is -0.770. The lowest BCUT2D eigenvalue weighted by atomic mass is 10.3. The maximum atomic E-state index is 9.61. The molecule has 0 fully saturated rings. The van der Waals surface area contributed by atoms with Gasteiger partial charge in [0.15, 0.2) is 0 Å². The van der Waals surface area contributed by atoms with Gasteiger partial charge in [-0.15, -0.1) is 0 Å². The van der Waals surface area contributed by atoms with Crippen LogP contribution in [0.4, 0.5) is 5.69 Å². The van der Waals surface area contributed by atoms with Crippen molar-refractivity contribution in [3.63, 3.8) is 0 Å². The summed E-state index contributed by atoms with van der Waals surface area (Å²) in [6.07, 6.45) is -0.376. The number of likely N-dealkylation sites (N-methyl/N-ethyl adjacent to an activating group) is 1. The van der Waals surface area contributed by atoms with Gasteiger partial charge in [-0.3, -0.25) is 0 Å². The molecule has 0 aromatic heterocycles. The number of hydrogen-bond acceptors (Lipinski definition) is 3. The Morgan fingerprint density at radius 3 is 2.80 bits per heavy atom. The van der Waals surface area contributed by atoms with Gasteiger partial charge in [-0.25, -0.2) is 0 Å². The van der Waals surface area contributed by atoms with E-state index in [-0.39, 0.29) is 6.10 Å². The van der Waals surface area contributed by atoms with Crippen LogP contribution in [0.2, 0.25) is 5.02 Å². The molecule has 0 heterocycles. The number of nitrogens with zero attached hydrogens (tertiary/aromatic N) is 1. The van der Waals surface area contributed by atoms with Crippen LogP contribution in [0.5, 0.6) is 0 Å². The molecule has 0 saturated heterocycles. The number of aliphatic hydroxyl groups is 1. The van der Waals surface area contributed by atoms with E-state index in [0.717, 1.165) is 5.69 Å². The van der Waals surface area contributed by atoms with E-state index in [4.69, 9.17) is 11.6 Å². The van der Waals surface area contributed by atoms with Gasteiger partial charge in [0.1, 0.15) is 0 Å². The van der Waals surface area contributed by atoms with E-state index >= 15 is 0 Å². The molecule has 0 aliphatic rings. The summed E-state index contributed by atoms with van der Waals surface area (Å²) in [5, 5.41) is 13.4. The van der Waals surface area contributed by atoms with Gasteiger partial charge in [-0.05, 0) is 32.3 Å². The fraction of sp³-hybridized carbons (Fsp3) is 0.455. The van der Waals surface area contributed by atoms with Crippen molar-refractivity contribution in [2.45, 2.75) is 6.10 Å². The lowest BCUT2D eigenvalue weighted by Crippen LogP contribution is -2.31. The molecule has 1 unspecified atom stereocenters. The Kier molecular flexibility index (Phi) is 4.88. The first-order valence-corrected chi connectivity index (χ1v) is 5.28. The Bertz CT molecular complexity index is 304. The highest BCUT2D eigenvalue weighted by molar-refractivity contribution is 6.30. The number of rotatable bonds is 5. The standard InChI is InChI=1S/C11H17ClN2O/c1-14(2)8-11(15)7-13-10-5-3-4-9(12)6-10/h3-6,11,13,15H,7-8H2,1-2H3. The van der Waals surface area contributed by atoms with Crippen molar-refractivity contribution in [1.82, 2.24) is 4.90 Å². The van der Waals surface area contributed by atoms with Gasteiger partial charge in [-0.1, -0.05) is 17.7 Å². The third kappa shape index (κ3) is 5.02. The first-order valence-electron chi connectivity index (χ1n) is 4.90. The summed E-state index contributed by atoms with van der Waals surface area (Å²) >= 11 is 5.83. The molecule has 15 heavy (non-hydrogen) atoms. The molecule has 0 saturated carbocycles. The molecule has 0 aliphatic carbocycles. The van der Waals surface area contributed by atoms with Crippen LogP contribution < -0.4 is 5.32 Å². The molecule has 0 bridgehead atoms. The van der Waals surface area contributed by atoms with Crippen LogP contribution in [-0.4, -0.2) is 43.3 Å². The average molecular weight is 229 g/mol. The van der Waals surface area contributed by atoms with E-state index in [9.17, 15) is 5.11 Å². The average Bonchev–Trinajstić information content (AvgIpc) is 2.14. The zero-order valence-corrected chi connectivity index (χ0v) is 9.83. The molecule has 0 radical (unpaired) electrons. The second kappa shape index (κ2) is 5.95. The maximum Gasteiger partial charge on any atom is 0.0838 e. The van der Waals surface area contributed by atoms with Crippen molar-refractivity contribution in [2.75, 3.05) is 32.5 Å². The second-order valence-corrected chi connectivity index (χ2v) is 4.24. The van der Waals surface area contributed by atoms with Crippen LogP contribution in [0.15, 0.2) is 24.3 Å². The molecule has 2 N–H and O–H groups in total. The molecule has 0 aliphatic heterocycles. The molecular formula is C11H17ClN2O. The van der Waals surface area contributed by atoms with Gasteiger partial charge in [0.05, 0.1) is 6.10 Å². The van der Waals surface area contributed by atoms with Crippen molar-refractivity contribution in [2.24, 2.45) is 0 Å². The topological polar surface area (TPSA) is 35.5 Å². The summed E-state index contributed by atoms with van der Waals surface area (Å²) in [5.41, 5.74) is 0.931. The summed E-state index contributed by atoms with van der Waals surface area (Å²) in [6, 6.07) is 7.46. The normalized spacial score (nSPS) is 12.9. The van der Waals surface area contributed by atoms with Crippen molar-refractivity contribution < 1.29 is 5.11 Å². The zero-order valence-electron chi connectivity index (χ0n) is 9.07. The lowest BCUT2D eigenvalue weighted by molar-refractivity contribution is 0.148. The van der Waals surface area contributed by atoms with Crippen molar-refractivity contribution in [3.05, 3.63) is 29.3 Å². The summed E-state index contributed by atoms with van der Waals surface area (Å²) in [7, 11) is 3.87. The lowest BCUT2D eigenvalue weighted by Gasteiger charge is -2.17. The Morgan fingerprint density at radius 2 is 2.20 bits per heavy atom. The fourth-order valence-electron chi connectivity index (χ4n) is 1.32. The van der Waals surface area contributed by atoms with Crippen LogP contribution in [-0.2, 0) is 0 Å². The van der Waals surface area contributed by atoms with E-state index in [2.05, 4.69) is 5.32 Å². The number of anilines is 1. The number of benzene rings is 1. The Balaban J connectivity index is 2.36. The number of nitrogens with one attached hydrogen (secondary N) is 1. The predicted octanol–water partition coefficient (Wildman–Crippen LogP) is 1.67. The highest BCUT2D eigenvalue weighted by Gasteiger charge is 2.04. The molecule has 1 atom stereocenters. The van der Waals surface area contributed by atoms with Crippen LogP contribution in [0.3, 0.4) is 0 Å². The molecule has 3 nitrogen and oxygen atoms in total. The van der Waals surface area contributed by atoms with Gasteiger partial charge in [0, 0.05) is 23.8 Å². The molecule has 0 amide bonds. The zero-order chi connectivity index (χ0) is 11.3. The van der Waals surface area contributed by atoms with Crippen molar-refractivity contribution >= 4 is 17.3 Å². The van der Waals surface area contributed by atoms with E-state index in [1.807, 2.05) is 43.3 Å². The molecule has 1 aromatic rings. The largest absolute Gasteiger partial charge is 0.390 e. The number of aliphatic hydroxyl groups excluding tert-OH is 1. The summed E-state index contributed by atoms with van der Waals surface area (Å²) in [4.78, 5) is 1.95.